The smallest absolute Gasteiger partial charge is 0.259 e. The zero-order valence-electron chi connectivity index (χ0n) is 18.0. The molecule has 0 saturated carbocycles. The Morgan fingerprint density at radius 3 is 2.76 bits per heavy atom. The molecule has 3 heterocycles. The average Bonchev–Trinajstić information content (AvgIpc) is 2.85. The predicted molar refractivity (Wildman–Crippen MR) is 134 cm³/mol. The van der Waals surface area contributed by atoms with Crippen LogP contribution in [-0.4, -0.2) is 51.4 Å². The van der Waals surface area contributed by atoms with E-state index in [2.05, 4.69) is 15.3 Å². The topological polar surface area (TPSA) is 100 Å². The molecule has 0 aliphatic carbocycles. The molecule has 0 bridgehead atoms. The average molecular weight is 497 g/mol. The van der Waals surface area contributed by atoms with E-state index >= 15 is 0 Å². The van der Waals surface area contributed by atoms with Crippen molar-refractivity contribution >= 4 is 50.8 Å². The summed E-state index contributed by atoms with van der Waals surface area (Å²) in [6, 6.07) is 11.6. The third-order valence-electron chi connectivity index (χ3n) is 5.77. The Bertz CT molecular complexity index is 1350. The second kappa shape index (κ2) is 9.17. The molecular formula is C24H21ClN4O4S. The van der Waals surface area contributed by atoms with Crippen LogP contribution in [0, 0.1) is 5.92 Å². The molecule has 34 heavy (non-hydrogen) atoms. The summed E-state index contributed by atoms with van der Waals surface area (Å²) in [5.41, 5.74) is 2.98. The molecule has 2 atom stereocenters. The first kappa shape index (κ1) is 22.5. The molecule has 0 radical (unpaired) electrons. The summed E-state index contributed by atoms with van der Waals surface area (Å²) in [6.45, 7) is 0.564. The van der Waals surface area contributed by atoms with Crippen LogP contribution < -0.4 is 9.62 Å². The van der Waals surface area contributed by atoms with Crippen LogP contribution in [0.2, 0.25) is 5.02 Å². The number of sulfonamides is 1. The first-order valence-corrected chi connectivity index (χ1v) is 12.6. The molecule has 0 spiro atoms. The van der Waals surface area contributed by atoms with Gasteiger partial charge in [-0.05, 0) is 54.6 Å². The van der Waals surface area contributed by atoms with Crippen molar-refractivity contribution in [2.24, 2.45) is 15.9 Å². The van der Waals surface area contributed by atoms with Crippen molar-refractivity contribution in [1.82, 2.24) is 0 Å². The molecule has 2 aromatic rings. The lowest BCUT2D eigenvalue weighted by Crippen LogP contribution is -2.41. The van der Waals surface area contributed by atoms with Crippen molar-refractivity contribution in [3.63, 3.8) is 0 Å². The molecule has 2 unspecified atom stereocenters. The van der Waals surface area contributed by atoms with E-state index in [9.17, 15) is 13.2 Å². The van der Waals surface area contributed by atoms with Crippen molar-refractivity contribution in [2.45, 2.75) is 6.04 Å². The van der Waals surface area contributed by atoms with Gasteiger partial charge in [0.1, 0.15) is 0 Å². The Labute approximate surface area is 202 Å². The molecular weight excluding hydrogens is 476 g/mol. The number of fused-ring (bicyclic) bond motifs is 1. The summed E-state index contributed by atoms with van der Waals surface area (Å²) in [5, 5.41) is 3.41. The second-order valence-electron chi connectivity index (χ2n) is 7.96. The summed E-state index contributed by atoms with van der Waals surface area (Å²) in [6.07, 6.45) is 9.37. The standard InChI is InChI=1S/C24H21ClN4O4S/c25-21-8-5-17(14-20(21)23-19-2-1-10-26-22(19)9-11-27-23)28-24(30)16-3-6-18(7-4-16)29-12-13-33-15-34(29,31)32/h1-11,14,19,22H,12-13,15H2,(H,28,30). The monoisotopic (exact) mass is 496 g/mol. The number of nitrogens with zero attached hydrogens (tertiary/aromatic N) is 3. The highest BCUT2D eigenvalue weighted by Gasteiger charge is 2.28. The summed E-state index contributed by atoms with van der Waals surface area (Å²) in [4.78, 5) is 21.9. The van der Waals surface area contributed by atoms with Gasteiger partial charge in [0.05, 0.1) is 30.6 Å². The predicted octanol–water partition coefficient (Wildman–Crippen LogP) is 3.66. The molecule has 0 aromatic heterocycles. The number of anilines is 2. The van der Waals surface area contributed by atoms with Crippen LogP contribution in [0.3, 0.4) is 0 Å². The first-order valence-electron chi connectivity index (χ1n) is 10.7. The van der Waals surface area contributed by atoms with Crippen LogP contribution >= 0.6 is 11.6 Å². The fourth-order valence-electron chi connectivity index (χ4n) is 4.08. The number of benzene rings is 2. The van der Waals surface area contributed by atoms with Crippen LogP contribution in [-0.2, 0) is 14.8 Å². The molecule has 1 fully saturated rings. The van der Waals surface area contributed by atoms with Gasteiger partial charge in [-0.1, -0.05) is 17.7 Å². The molecule has 1 N–H and O–H groups in total. The number of aliphatic imine (C=N–C) groups is 2. The van der Waals surface area contributed by atoms with Gasteiger partial charge in [-0.3, -0.25) is 19.1 Å². The van der Waals surface area contributed by atoms with Crippen LogP contribution in [0.25, 0.3) is 0 Å². The minimum Gasteiger partial charge on any atom is -0.362 e. The van der Waals surface area contributed by atoms with E-state index in [-0.39, 0.29) is 30.4 Å². The number of carbonyl (C=O) groups excluding carboxylic acids is 1. The number of ether oxygens (including phenoxy) is 1. The fourth-order valence-corrected chi connectivity index (χ4v) is 5.55. The number of hydrogen-bond acceptors (Lipinski definition) is 6. The van der Waals surface area contributed by atoms with Crippen molar-refractivity contribution in [3.05, 3.63) is 83.0 Å². The highest BCUT2D eigenvalue weighted by Crippen LogP contribution is 2.30. The summed E-state index contributed by atoms with van der Waals surface area (Å²) >= 11 is 6.49. The number of halogens is 1. The van der Waals surface area contributed by atoms with Crippen LogP contribution in [0.4, 0.5) is 11.4 Å². The normalized spacial score (nSPS) is 22.7. The van der Waals surface area contributed by atoms with Gasteiger partial charge < -0.3 is 10.1 Å². The number of carbonyl (C=O) groups is 1. The van der Waals surface area contributed by atoms with Gasteiger partial charge in [-0.25, -0.2) is 8.42 Å². The second-order valence-corrected chi connectivity index (χ2v) is 10.2. The van der Waals surface area contributed by atoms with Gasteiger partial charge in [-0.2, -0.15) is 0 Å². The summed E-state index contributed by atoms with van der Waals surface area (Å²) in [5.74, 6) is -0.698. The molecule has 3 aliphatic rings. The van der Waals surface area contributed by atoms with Gasteiger partial charge >= 0.3 is 0 Å². The van der Waals surface area contributed by atoms with Gasteiger partial charge in [0.2, 0.25) is 0 Å². The van der Waals surface area contributed by atoms with E-state index in [0.29, 0.717) is 28.6 Å². The number of allylic oxidation sites excluding steroid dienone is 1. The van der Waals surface area contributed by atoms with E-state index in [4.69, 9.17) is 16.3 Å². The van der Waals surface area contributed by atoms with Crippen molar-refractivity contribution < 1.29 is 17.9 Å². The molecule has 5 rings (SSSR count). The van der Waals surface area contributed by atoms with Crippen molar-refractivity contribution in [1.29, 1.82) is 0 Å². The van der Waals surface area contributed by atoms with Crippen molar-refractivity contribution in [2.75, 3.05) is 28.7 Å². The van der Waals surface area contributed by atoms with E-state index in [1.54, 1.807) is 54.9 Å². The first-order chi connectivity index (χ1) is 16.4. The van der Waals surface area contributed by atoms with Crippen LogP contribution in [0.1, 0.15) is 15.9 Å². The Hall–Kier alpha value is -3.27. The van der Waals surface area contributed by atoms with E-state index in [1.165, 1.54) is 4.31 Å². The minimum atomic E-state index is -3.52. The minimum absolute atomic E-state index is 0.0255. The van der Waals surface area contributed by atoms with E-state index < -0.39 is 10.0 Å². The fraction of sp³-hybridized carbons (Fsp3) is 0.208. The lowest BCUT2D eigenvalue weighted by molar-refractivity contribution is 0.102. The molecule has 3 aliphatic heterocycles. The Kier molecular flexibility index (Phi) is 6.07. The lowest BCUT2D eigenvalue weighted by Gasteiger charge is -2.28. The van der Waals surface area contributed by atoms with Gasteiger partial charge in [0, 0.05) is 40.2 Å². The van der Waals surface area contributed by atoms with Crippen LogP contribution in [0.5, 0.6) is 0 Å². The highest BCUT2D eigenvalue weighted by molar-refractivity contribution is 7.92. The number of rotatable bonds is 4. The molecule has 174 valence electrons. The van der Waals surface area contributed by atoms with Gasteiger partial charge in [-0.15, -0.1) is 0 Å². The summed E-state index contributed by atoms with van der Waals surface area (Å²) in [7, 11) is -3.52. The number of dihydropyridines is 1. The van der Waals surface area contributed by atoms with Gasteiger partial charge in [0.15, 0.2) is 5.94 Å². The number of nitrogens with one attached hydrogen (secondary N) is 1. The molecule has 10 heteroatoms. The number of hydrogen-bond donors (Lipinski definition) is 1. The third-order valence-corrected chi connectivity index (χ3v) is 7.63. The Morgan fingerprint density at radius 2 is 1.97 bits per heavy atom. The molecule has 2 aromatic carbocycles. The molecule has 1 amide bonds. The van der Waals surface area contributed by atoms with E-state index in [0.717, 1.165) is 11.3 Å². The maximum atomic E-state index is 12.9. The van der Waals surface area contributed by atoms with Gasteiger partial charge in [0.25, 0.3) is 15.9 Å². The third kappa shape index (κ3) is 4.42. The number of amides is 1. The highest BCUT2D eigenvalue weighted by atomic mass is 35.5. The quantitative estimate of drug-likeness (QED) is 0.698. The molecule has 8 nitrogen and oxygen atoms in total. The lowest BCUT2D eigenvalue weighted by atomic mass is 9.87. The SMILES string of the molecule is O=C(Nc1ccc(Cl)c(C2=NC=CC3N=CC=CC23)c1)c1ccc(N2CCOCS2(=O)=O)cc1. The van der Waals surface area contributed by atoms with Crippen molar-refractivity contribution in [3.8, 4) is 0 Å². The zero-order chi connectivity index (χ0) is 23.7. The summed E-state index contributed by atoms with van der Waals surface area (Å²) < 4.78 is 30.7. The molecule has 1 saturated heterocycles. The maximum Gasteiger partial charge on any atom is 0.259 e. The Morgan fingerprint density at radius 1 is 1.15 bits per heavy atom. The zero-order valence-corrected chi connectivity index (χ0v) is 19.5. The Balaban J connectivity index is 1.35. The largest absolute Gasteiger partial charge is 0.362 e. The van der Waals surface area contributed by atoms with Crippen LogP contribution in [0.15, 0.2) is 76.9 Å². The van der Waals surface area contributed by atoms with E-state index in [1.807, 2.05) is 18.2 Å². The maximum absolute atomic E-state index is 12.9.